The summed E-state index contributed by atoms with van der Waals surface area (Å²) in [5.74, 6) is -0.0173. The number of hydrogen-bond donors (Lipinski definition) is 1. The topological polar surface area (TPSA) is 29.1 Å². The van der Waals surface area contributed by atoms with Crippen LogP contribution < -0.4 is 10.5 Å². The van der Waals surface area contributed by atoms with Gasteiger partial charge >= 0.3 is 0 Å². The number of carbonyl (C=O) groups excluding carboxylic acids is 1. The number of hydrogen-bond acceptors (Lipinski definition) is 1. The highest BCUT2D eigenvalue weighted by Gasteiger charge is 2.37. The van der Waals surface area contributed by atoms with Gasteiger partial charge in [-0.3, -0.25) is 4.79 Å². The second-order valence-electron chi connectivity index (χ2n) is 7.37. The number of carbonyl (C=O) groups is 1. The highest BCUT2D eigenvalue weighted by Crippen LogP contribution is 2.41. The summed E-state index contributed by atoms with van der Waals surface area (Å²) in [6.07, 6.45) is 0. The summed E-state index contributed by atoms with van der Waals surface area (Å²) in [5, 5.41) is 4.75. The Kier molecular flexibility index (Phi) is 4.61. The second-order valence-corrected chi connectivity index (χ2v) is 12.4. The normalized spacial score (nSPS) is 12.6. The minimum atomic E-state index is -1.16. The van der Waals surface area contributed by atoms with E-state index in [1.165, 1.54) is 5.19 Å². The zero-order valence-electron chi connectivity index (χ0n) is 13.3. The van der Waals surface area contributed by atoms with Crippen LogP contribution in [0.15, 0.2) is 24.3 Å². The van der Waals surface area contributed by atoms with Gasteiger partial charge in [0.1, 0.15) is 0 Å². The maximum Gasteiger partial charge on any atom is 0.251 e. The Labute approximate surface area is 119 Å². The van der Waals surface area contributed by atoms with E-state index in [1.807, 2.05) is 12.1 Å². The average molecular weight is 277 g/mol. The molecule has 0 fully saturated rings. The van der Waals surface area contributed by atoms with Crippen molar-refractivity contribution in [3.63, 3.8) is 0 Å². The fourth-order valence-electron chi connectivity index (χ4n) is 3.27. The van der Waals surface area contributed by atoms with Crippen molar-refractivity contribution < 1.29 is 4.79 Å². The molecule has 1 aromatic rings. The van der Waals surface area contributed by atoms with Crippen LogP contribution in [-0.2, 0) is 0 Å². The summed E-state index contributed by atoms with van der Waals surface area (Å²) in [6.45, 7) is 14.0. The molecule has 0 aliphatic heterocycles. The van der Waals surface area contributed by atoms with Gasteiger partial charge in [-0.25, -0.2) is 0 Å². The maximum absolute atomic E-state index is 11.6. The molecule has 106 valence electrons. The third-order valence-corrected chi connectivity index (χ3v) is 7.98. The van der Waals surface area contributed by atoms with Gasteiger partial charge in [0.05, 0.1) is 8.80 Å². The minimum Gasteiger partial charge on any atom is -0.355 e. The molecule has 0 unspecified atom stereocenters. The van der Waals surface area contributed by atoms with E-state index in [0.717, 1.165) is 5.56 Å². The van der Waals surface area contributed by atoms with Crippen molar-refractivity contribution in [2.75, 3.05) is 7.05 Å². The Hall–Kier alpha value is -1.09. The molecule has 0 spiro atoms. The van der Waals surface area contributed by atoms with Crippen LogP contribution in [0.2, 0.25) is 10.1 Å². The third kappa shape index (κ3) is 3.93. The lowest BCUT2D eigenvalue weighted by molar-refractivity contribution is 0.0963. The standard InChI is InChI=1S/C16H27NOSi/c1-15(2,3)19(16(4,5)6)13-10-8-12(9-11-13)14(18)17-7/h8-11,19H,1-7H3,(H,17,18). The largest absolute Gasteiger partial charge is 0.355 e. The highest BCUT2D eigenvalue weighted by atomic mass is 28.3. The van der Waals surface area contributed by atoms with Crippen LogP contribution in [0.4, 0.5) is 0 Å². The van der Waals surface area contributed by atoms with Gasteiger partial charge in [0.15, 0.2) is 0 Å². The van der Waals surface area contributed by atoms with Crippen LogP contribution in [0, 0.1) is 0 Å². The van der Waals surface area contributed by atoms with Gasteiger partial charge in [-0.05, 0) is 22.2 Å². The molecular weight excluding hydrogens is 250 g/mol. The Balaban J connectivity index is 3.16. The van der Waals surface area contributed by atoms with Gasteiger partial charge < -0.3 is 5.32 Å². The monoisotopic (exact) mass is 277 g/mol. The first kappa shape index (κ1) is 16.0. The zero-order chi connectivity index (χ0) is 14.8. The Morgan fingerprint density at radius 2 is 1.37 bits per heavy atom. The summed E-state index contributed by atoms with van der Waals surface area (Å²) in [6, 6.07) is 8.20. The Bertz CT molecular complexity index is 423. The predicted molar refractivity (Wildman–Crippen MR) is 86.0 cm³/mol. The molecule has 1 N–H and O–H groups in total. The van der Waals surface area contributed by atoms with Gasteiger partial charge in [0.25, 0.3) is 5.91 Å². The van der Waals surface area contributed by atoms with Crippen LogP contribution in [-0.4, -0.2) is 21.8 Å². The van der Waals surface area contributed by atoms with E-state index in [1.54, 1.807) is 7.05 Å². The van der Waals surface area contributed by atoms with Crippen molar-refractivity contribution in [2.45, 2.75) is 51.6 Å². The van der Waals surface area contributed by atoms with Crippen molar-refractivity contribution in [1.29, 1.82) is 0 Å². The van der Waals surface area contributed by atoms with Crippen LogP contribution in [0.3, 0.4) is 0 Å². The lowest BCUT2D eigenvalue weighted by Crippen LogP contribution is -2.45. The van der Waals surface area contributed by atoms with Gasteiger partial charge in [-0.1, -0.05) is 58.9 Å². The predicted octanol–water partition coefficient (Wildman–Crippen LogP) is 3.08. The first-order valence-electron chi connectivity index (χ1n) is 6.89. The second kappa shape index (κ2) is 5.49. The molecule has 0 heterocycles. The molecule has 1 rings (SSSR count). The molecule has 0 aromatic heterocycles. The van der Waals surface area contributed by atoms with Crippen molar-refractivity contribution in [3.05, 3.63) is 29.8 Å². The molecule has 0 bridgehead atoms. The molecule has 0 radical (unpaired) electrons. The van der Waals surface area contributed by atoms with Crippen molar-refractivity contribution in [3.8, 4) is 0 Å². The zero-order valence-corrected chi connectivity index (χ0v) is 14.4. The average Bonchev–Trinajstić information content (AvgIpc) is 2.25. The van der Waals surface area contributed by atoms with E-state index in [0.29, 0.717) is 10.1 Å². The molecule has 3 heteroatoms. The molecule has 2 nitrogen and oxygen atoms in total. The Morgan fingerprint density at radius 1 is 0.947 bits per heavy atom. The fourth-order valence-corrected chi connectivity index (χ4v) is 8.45. The molecule has 0 aliphatic carbocycles. The highest BCUT2D eigenvalue weighted by molar-refractivity contribution is 6.78. The number of nitrogens with one attached hydrogen (secondary N) is 1. The molecule has 0 atom stereocenters. The van der Waals surface area contributed by atoms with Gasteiger partial charge in [-0.15, -0.1) is 0 Å². The van der Waals surface area contributed by atoms with Crippen molar-refractivity contribution in [1.82, 2.24) is 5.32 Å². The third-order valence-electron chi connectivity index (χ3n) is 3.47. The number of benzene rings is 1. The van der Waals surface area contributed by atoms with E-state index < -0.39 is 8.80 Å². The molecule has 0 saturated heterocycles. The lowest BCUT2D eigenvalue weighted by atomic mass is 10.2. The molecule has 1 aromatic carbocycles. The van der Waals surface area contributed by atoms with Crippen LogP contribution in [0.1, 0.15) is 51.9 Å². The first-order chi connectivity index (χ1) is 8.57. The molecular formula is C16H27NOSi. The molecule has 0 aliphatic rings. The smallest absolute Gasteiger partial charge is 0.251 e. The van der Waals surface area contributed by atoms with E-state index in [-0.39, 0.29) is 5.91 Å². The summed E-state index contributed by atoms with van der Waals surface area (Å²) < 4.78 is 0. The van der Waals surface area contributed by atoms with Crippen LogP contribution >= 0.6 is 0 Å². The summed E-state index contributed by atoms with van der Waals surface area (Å²) >= 11 is 0. The van der Waals surface area contributed by atoms with E-state index in [4.69, 9.17) is 0 Å². The Morgan fingerprint density at radius 3 is 1.68 bits per heavy atom. The summed E-state index contributed by atoms with van der Waals surface area (Å²) in [5.41, 5.74) is 0.738. The SMILES string of the molecule is CNC(=O)c1ccc([SiH](C(C)(C)C)C(C)(C)C)cc1. The fraction of sp³-hybridized carbons (Fsp3) is 0.562. The quantitative estimate of drug-likeness (QED) is 0.827. The molecule has 1 amide bonds. The van der Waals surface area contributed by atoms with E-state index in [9.17, 15) is 4.79 Å². The van der Waals surface area contributed by atoms with Gasteiger partial charge in [-0.2, -0.15) is 0 Å². The van der Waals surface area contributed by atoms with Crippen LogP contribution in [0.5, 0.6) is 0 Å². The molecule has 0 saturated carbocycles. The maximum atomic E-state index is 11.6. The first-order valence-corrected chi connectivity index (χ1v) is 8.62. The van der Waals surface area contributed by atoms with Gasteiger partial charge in [0, 0.05) is 12.6 Å². The lowest BCUT2D eigenvalue weighted by Gasteiger charge is -2.39. The van der Waals surface area contributed by atoms with E-state index in [2.05, 4.69) is 59.0 Å². The van der Waals surface area contributed by atoms with Gasteiger partial charge in [0.2, 0.25) is 0 Å². The summed E-state index contributed by atoms with van der Waals surface area (Å²) in [7, 11) is 0.504. The van der Waals surface area contributed by atoms with Crippen molar-refractivity contribution >= 4 is 19.9 Å². The minimum absolute atomic E-state index is 0.0173. The van der Waals surface area contributed by atoms with Crippen LogP contribution in [0.25, 0.3) is 0 Å². The molecule has 19 heavy (non-hydrogen) atoms. The summed E-state index contributed by atoms with van der Waals surface area (Å²) in [4.78, 5) is 11.6. The van der Waals surface area contributed by atoms with Crippen molar-refractivity contribution in [2.24, 2.45) is 0 Å². The van der Waals surface area contributed by atoms with E-state index >= 15 is 0 Å². The number of amides is 1. The number of rotatable bonds is 2.